The molecule has 5 rings (SSSR count). The summed E-state index contributed by atoms with van der Waals surface area (Å²) in [7, 11) is 0. The number of halogens is 1. The minimum absolute atomic E-state index is 0.0624. The zero-order valence-corrected chi connectivity index (χ0v) is 22.3. The van der Waals surface area contributed by atoms with E-state index in [9.17, 15) is 9.59 Å². The molecular weight excluding hydrogens is 544 g/mol. The number of fused-ring (bicyclic) bond motifs is 3. The first-order chi connectivity index (χ1) is 17.0. The van der Waals surface area contributed by atoms with Gasteiger partial charge in [-0.1, -0.05) is 58.0 Å². The van der Waals surface area contributed by atoms with Crippen molar-refractivity contribution in [3.05, 3.63) is 85.4 Å². The second-order valence-corrected chi connectivity index (χ2v) is 11.2. The number of hydrogen-bond donors (Lipinski definition) is 1. The van der Waals surface area contributed by atoms with Gasteiger partial charge >= 0.3 is 0 Å². The maximum absolute atomic E-state index is 13.7. The molecule has 35 heavy (non-hydrogen) atoms. The highest BCUT2D eigenvalue weighted by Gasteiger charge is 2.23. The number of thiophene rings is 1. The van der Waals surface area contributed by atoms with Crippen LogP contribution in [0.4, 0.5) is 0 Å². The highest BCUT2D eigenvalue weighted by molar-refractivity contribution is 9.10. The maximum atomic E-state index is 13.7. The van der Waals surface area contributed by atoms with Crippen LogP contribution in [0.15, 0.2) is 74.1 Å². The van der Waals surface area contributed by atoms with Crippen molar-refractivity contribution in [1.29, 1.82) is 0 Å². The number of aryl methyl sites for hydroxylation is 2. The highest BCUT2D eigenvalue weighted by Crippen LogP contribution is 2.35. The molecule has 1 amide bonds. The Kier molecular flexibility index (Phi) is 7.17. The molecule has 1 aliphatic rings. The highest BCUT2D eigenvalue weighted by atomic mass is 79.9. The number of hydrogen-bond acceptors (Lipinski definition) is 6. The van der Waals surface area contributed by atoms with E-state index in [1.54, 1.807) is 15.9 Å². The van der Waals surface area contributed by atoms with Crippen LogP contribution in [0.1, 0.15) is 35.8 Å². The van der Waals surface area contributed by atoms with Gasteiger partial charge in [0.1, 0.15) is 4.83 Å². The third kappa shape index (κ3) is 5.12. The van der Waals surface area contributed by atoms with E-state index in [-0.39, 0.29) is 17.2 Å². The minimum Gasteiger partial charge on any atom is -0.272 e. The summed E-state index contributed by atoms with van der Waals surface area (Å²) in [6, 6.07) is 17.2. The molecule has 2 aromatic heterocycles. The standard InChI is InChI=1S/C26H23BrN4O2S2/c1-16(17-11-13-18(27)14-12-17)29-30-22(32)15-34-26-28-24-23(20-9-5-6-10-21(20)35-24)25(33)31(26)19-7-3-2-4-8-19/h2-4,7-8,11-14H,5-6,9-10,15H2,1H3,(H,30,32)/b29-16-. The lowest BCUT2D eigenvalue weighted by atomic mass is 9.97. The Morgan fingerprint density at radius 1 is 1.14 bits per heavy atom. The van der Waals surface area contributed by atoms with Crippen molar-refractivity contribution in [3.8, 4) is 5.69 Å². The molecule has 0 spiro atoms. The van der Waals surface area contributed by atoms with Crippen molar-refractivity contribution in [2.24, 2.45) is 5.10 Å². The Morgan fingerprint density at radius 2 is 1.89 bits per heavy atom. The van der Waals surface area contributed by atoms with E-state index in [4.69, 9.17) is 4.98 Å². The first-order valence-electron chi connectivity index (χ1n) is 11.4. The third-order valence-electron chi connectivity index (χ3n) is 5.92. The van der Waals surface area contributed by atoms with Crippen LogP contribution in [0.25, 0.3) is 15.9 Å². The van der Waals surface area contributed by atoms with Gasteiger partial charge in [-0.2, -0.15) is 5.10 Å². The lowest BCUT2D eigenvalue weighted by Crippen LogP contribution is -2.24. The van der Waals surface area contributed by atoms with Gasteiger partial charge in [0.25, 0.3) is 11.5 Å². The van der Waals surface area contributed by atoms with Crippen LogP contribution in [0, 0.1) is 0 Å². The molecule has 2 heterocycles. The fourth-order valence-electron chi connectivity index (χ4n) is 4.15. The van der Waals surface area contributed by atoms with Crippen molar-refractivity contribution in [3.63, 3.8) is 0 Å². The average molecular weight is 568 g/mol. The van der Waals surface area contributed by atoms with Gasteiger partial charge in [-0.25, -0.2) is 10.4 Å². The van der Waals surface area contributed by atoms with Crippen LogP contribution in [-0.4, -0.2) is 26.9 Å². The third-order valence-corrected chi connectivity index (χ3v) is 8.57. The fourth-order valence-corrected chi connectivity index (χ4v) is 6.52. The molecule has 0 fully saturated rings. The van der Waals surface area contributed by atoms with Gasteiger partial charge in [0.15, 0.2) is 5.16 Å². The monoisotopic (exact) mass is 566 g/mol. The number of benzene rings is 2. The second-order valence-electron chi connectivity index (χ2n) is 8.29. The summed E-state index contributed by atoms with van der Waals surface area (Å²) in [4.78, 5) is 33.2. The largest absolute Gasteiger partial charge is 0.272 e. The topological polar surface area (TPSA) is 76.3 Å². The van der Waals surface area contributed by atoms with E-state index in [0.717, 1.165) is 57.2 Å². The van der Waals surface area contributed by atoms with E-state index in [0.29, 0.717) is 10.9 Å². The summed E-state index contributed by atoms with van der Waals surface area (Å²) in [5, 5.41) is 5.47. The van der Waals surface area contributed by atoms with E-state index in [2.05, 4.69) is 26.5 Å². The second kappa shape index (κ2) is 10.5. The van der Waals surface area contributed by atoms with Gasteiger partial charge in [0.05, 0.1) is 22.5 Å². The number of carbonyl (C=O) groups excluding carboxylic acids is 1. The predicted octanol–water partition coefficient (Wildman–Crippen LogP) is 5.72. The molecule has 0 bridgehead atoms. The molecule has 0 unspecified atom stereocenters. The van der Waals surface area contributed by atoms with Crippen LogP contribution < -0.4 is 11.0 Å². The molecule has 0 saturated carbocycles. The van der Waals surface area contributed by atoms with Crippen molar-refractivity contribution in [1.82, 2.24) is 15.0 Å². The van der Waals surface area contributed by atoms with Crippen LogP contribution >= 0.6 is 39.0 Å². The summed E-state index contributed by atoms with van der Waals surface area (Å²) in [6.07, 6.45) is 4.17. The molecular formula is C26H23BrN4O2S2. The molecule has 178 valence electrons. The molecule has 0 saturated heterocycles. The lowest BCUT2D eigenvalue weighted by Gasteiger charge is -2.13. The van der Waals surface area contributed by atoms with Crippen molar-refractivity contribution >= 4 is 60.9 Å². The number of para-hydroxylation sites is 1. The van der Waals surface area contributed by atoms with Gasteiger partial charge in [-0.05, 0) is 68.0 Å². The van der Waals surface area contributed by atoms with Crippen LogP contribution in [0.5, 0.6) is 0 Å². The molecule has 0 atom stereocenters. The van der Waals surface area contributed by atoms with Crippen molar-refractivity contribution < 1.29 is 4.79 Å². The molecule has 2 aromatic carbocycles. The summed E-state index contributed by atoms with van der Waals surface area (Å²) >= 11 is 6.28. The average Bonchev–Trinajstić information content (AvgIpc) is 3.25. The molecule has 1 aliphatic carbocycles. The zero-order chi connectivity index (χ0) is 24.4. The molecule has 6 nitrogen and oxygen atoms in total. The smallest absolute Gasteiger partial charge is 0.267 e. The SMILES string of the molecule is C/C(=N/NC(=O)CSc1nc2sc3c(c2c(=O)n1-c1ccccc1)CCCC3)c1ccc(Br)cc1. The molecule has 0 aliphatic heterocycles. The Hall–Kier alpha value is -2.75. The van der Waals surface area contributed by atoms with Gasteiger partial charge in [0, 0.05) is 9.35 Å². The first-order valence-corrected chi connectivity index (χ1v) is 14.0. The van der Waals surface area contributed by atoms with Crippen LogP contribution in [0.3, 0.4) is 0 Å². The van der Waals surface area contributed by atoms with Crippen molar-refractivity contribution in [2.75, 3.05) is 5.75 Å². The Labute approximate surface area is 219 Å². The molecule has 9 heteroatoms. The summed E-state index contributed by atoms with van der Waals surface area (Å²) in [6.45, 7) is 1.85. The summed E-state index contributed by atoms with van der Waals surface area (Å²) in [5.74, 6) is -0.168. The van der Waals surface area contributed by atoms with E-state index in [1.165, 1.54) is 16.6 Å². The number of amides is 1. The van der Waals surface area contributed by atoms with Crippen LogP contribution in [-0.2, 0) is 17.6 Å². The van der Waals surface area contributed by atoms with Gasteiger partial charge in [-0.3, -0.25) is 14.2 Å². The summed E-state index contributed by atoms with van der Waals surface area (Å²) < 4.78 is 2.62. The Balaban J connectivity index is 1.42. The quantitative estimate of drug-likeness (QED) is 0.140. The van der Waals surface area contributed by atoms with Gasteiger partial charge < -0.3 is 0 Å². The van der Waals surface area contributed by atoms with Gasteiger partial charge in [-0.15, -0.1) is 11.3 Å². The lowest BCUT2D eigenvalue weighted by molar-refractivity contribution is -0.118. The number of aromatic nitrogens is 2. The summed E-state index contributed by atoms with van der Waals surface area (Å²) in [5.41, 5.74) is 6.09. The molecule has 1 N–H and O–H groups in total. The number of nitrogens with zero attached hydrogens (tertiary/aromatic N) is 3. The van der Waals surface area contributed by atoms with E-state index in [1.807, 2.05) is 61.5 Å². The normalized spacial score (nSPS) is 13.6. The number of thioether (sulfide) groups is 1. The molecule has 0 radical (unpaired) electrons. The Morgan fingerprint density at radius 3 is 2.66 bits per heavy atom. The van der Waals surface area contributed by atoms with Crippen molar-refractivity contribution in [2.45, 2.75) is 37.8 Å². The van der Waals surface area contributed by atoms with E-state index < -0.39 is 0 Å². The molecule has 4 aromatic rings. The van der Waals surface area contributed by atoms with E-state index >= 15 is 0 Å². The zero-order valence-electron chi connectivity index (χ0n) is 19.1. The predicted molar refractivity (Wildman–Crippen MR) is 147 cm³/mol. The maximum Gasteiger partial charge on any atom is 0.267 e. The fraction of sp³-hybridized carbons (Fsp3) is 0.231. The number of rotatable bonds is 6. The first kappa shape index (κ1) is 24.0. The van der Waals surface area contributed by atoms with Crippen LogP contribution in [0.2, 0.25) is 0 Å². The Bertz CT molecular complexity index is 1480. The number of hydrazone groups is 1. The number of carbonyl (C=O) groups is 1. The minimum atomic E-state index is -0.258. The van der Waals surface area contributed by atoms with Gasteiger partial charge in [0.2, 0.25) is 0 Å². The number of nitrogens with one attached hydrogen (secondary N) is 1.